The van der Waals surface area contributed by atoms with Crippen LogP contribution in [0.15, 0.2) is 24.3 Å². The summed E-state index contributed by atoms with van der Waals surface area (Å²) in [5.41, 5.74) is 1.44. The number of anilines is 1. The summed E-state index contributed by atoms with van der Waals surface area (Å²) in [5, 5.41) is 14.9. The molecule has 18 heavy (non-hydrogen) atoms. The first kappa shape index (κ1) is 14.1. The molecule has 0 aromatic heterocycles. The van der Waals surface area contributed by atoms with Gasteiger partial charge in [-0.2, -0.15) is 0 Å². The van der Waals surface area contributed by atoms with Gasteiger partial charge in [0.2, 0.25) is 5.78 Å². The third kappa shape index (κ3) is 4.50. The molecule has 3 N–H and O–H groups in total. The van der Waals surface area contributed by atoms with Gasteiger partial charge in [0, 0.05) is 18.7 Å². The van der Waals surface area contributed by atoms with Crippen LogP contribution >= 0.6 is 12.2 Å². The number of aliphatic carboxylic acids is 1. The molecule has 1 aromatic carbocycles. The smallest absolute Gasteiger partial charge is 0.372 e. The van der Waals surface area contributed by atoms with Crippen molar-refractivity contribution in [2.75, 3.05) is 11.9 Å². The number of thiocarbonyl (C=S) groups is 1. The van der Waals surface area contributed by atoms with Gasteiger partial charge in [0.1, 0.15) is 0 Å². The number of carbonyl (C=O) groups is 2. The Kier molecular flexibility index (Phi) is 5.26. The molecule has 0 bridgehead atoms. The fourth-order valence-electron chi connectivity index (χ4n) is 1.30. The third-order valence-corrected chi connectivity index (χ3v) is 2.40. The van der Waals surface area contributed by atoms with Crippen LogP contribution in [0.3, 0.4) is 0 Å². The zero-order chi connectivity index (χ0) is 13.5. The van der Waals surface area contributed by atoms with Crippen LogP contribution in [0.25, 0.3) is 0 Å². The standard InChI is InChI=1S/C12H14N2O3S/c1-2-13-12(18)14-9-5-3-8(4-6-9)7-10(15)11(16)17/h3-6H,2,7H2,1H3,(H,16,17)(H2,13,14,18). The number of rotatable bonds is 5. The van der Waals surface area contributed by atoms with E-state index in [2.05, 4.69) is 10.6 Å². The van der Waals surface area contributed by atoms with Crippen LogP contribution in [-0.2, 0) is 16.0 Å². The topological polar surface area (TPSA) is 78.4 Å². The average Bonchev–Trinajstić information content (AvgIpc) is 2.31. The monoisotopic (exact) mass is 266 g/mol. The molecule has 0 fully saturated rings. The Balaban J connectivity index is 2.60. The van der Waals surface area contributed by atoms with Gasteiger partial charge in [-0.1, -0.05) is 12.1 Å². The molecule has 0 aliphatic carbocycles. The quantitative estimate of drug-likeness (QED) is 0.549. The summed E-state index contributed by atoms with van der Waals surface area (Å²) in [6, 6.07) is 6.87. The van der Waals surface area contributed by atoms with E-state index in [1.807, 2.05) is 6.92 Å². The van der Waals surface area contributed by atoms with E-state index in [4.69, 9.17) is 17.3 Å². The van der Waals surface area contributed by atoms with Crippen LogP contribution < -0.4 is 10.6 Å². The lowest BCUT2D eigenvalue weighted by Crippen LogP contribution is -2.27. The van der Waals surface area contributed by atoms with Crippen LogP contribution in [0.2, 0.25) is 0 Å². The van der Waals surface area contributed by atoms with Crippen molar-refractivity contribution in [3.63, 3.8) is 0 Å². The molecule has 0 amide bonds. The highest BCUT2D eigenvalue weighted by Gasteiger charge is 2.11. The molecule has 1 rings (SSSR count). The summed E-state index contributed by atoms with van der Waals surface area (Å²) in [7, 11) is 0. The van der Waals surface area contributed by atoms with Crippen molar-refractivity contribution in [1.29, 1.82) is 0 Å². The van der Waals surface area contributed by atoms with Gasteiger partial charge in [-0.05, 0) is 36.8 Å². The highest BCUT2D eigenvalue weighted by atomic mass is 32.1. The maximum Gasteiger partial charge on any atom is 0.372 e. The predicted octanol–water partition coefficient (Wildman–Crippen LogP) is 1.19. The Morgan fingerprint density at radius 3 is 2.39 bits per heavy atom. The van der Waals surface area contributed by atoms with Gasteiger partial charge < -0.3 is 15.7 Å². The molecule has 0 atom stereocenters. The van der Waals surface area contributed by atoms with Crippen molar-refractivity contribution in [3.8, 4) is 0 Å². The van der Waals surface area contributed by atoms with Gasteiger partial charge in [0.15, 0.2) is 5.11 Å². The van der Waals surface area contributed by atoms with Gasteiger partial charge in [-0.3, -0.25) is 4.79 Å². The highest BCUT2D eigenvalue weighted by Crippen LogP contribution is 2.10. The van der Waals surface area contributed by atoms with Gasteiger partial charge in [0.25, 0.3) is 0 Å². The minimum atomic E-state index is -1.41. The third-order valence-electron chi connectivity index (χ3n) is 2.15. The van der Waals surface area contributed by atoms with Gasteiger partial charge in [-0.15, -0.1) is 0 Å². The number of nitrogens with one attached hydrogen (secondary N) is 2. The van der Waals surface area contributed by atoms with E-state index in [0.717, 1.165) is 12.2 Å². The molecular formula is C12H14N2O3S. The zero-order valence-electron chi connectivity index (χ0n) is 9.90. The summed E-state index contributed by atoms with van der Waals surface area (Å²) in [6.45, 7) is 2.67. The molecule has 0 spiro atoms. The number of ketones is 1. The molecule has 5 nitrogen and oxygen atoms in total. The predicted molar refractivity (Wildman–Crippen MR) is 72.7 cm³/mol. The second kappa shape index (κ2) is 6.70. The van der Waals surface area contributed by atoms with Crippen molar-refractivity contribution >= 4 is 34.8 Å². The maximum absolute atomic E-state index is 11.0. The van der Waals surface area contributed by atoms with Crippen LogP contribution in [0.5, 0.6) is 0 Å². The van der Waals surface area contributed by atoms with Gasteiger partial charge in [0.05, 0.1) is 0 Å². The summed E-state index contributed by atoms with van der Waals surface area (Å²) in [4.78, 5) is 21.4. The summed E-state index contributed by atoms with van der Waals surface area (Å²) in [6.07, 6.45) is -0.104. The Bertz CT molecular complexity index is 457. The molecule has 96 valence electrons. The molecule has 1 aromatic rings. The van der Waals surface area contributed by atoms with Crippen LogP contribution in [0, 0.1) is 0 Å². The lowest BCUT2D eigenvalue weighted by molar-refractivity contribution is -0.148. The molecule has 0 aliphatic heterocycles. The molecule has 6 heteroatoms. The first-order valence-corrected chi connectivity index (χ1v) is 5.83. The Labute approximate surface area is 110 Å². The lowest BCUT2D eigenvalue weighted by atomic mass is 10.1. The number of carbonyl (C=O) groups excluding carboxylic acids is 1. The first-order valence-electron chi connectivity index (χ1n) is 5.43. The van der Waals surface area contributed by atoms with Crippen LogP contribution in [0.4, 0.5) is 5.69 Å². The largest absolute Gasteiger partial charge is 0.475 e. The van der Waals surface area contributed by atoms with Gasteiger partial charge in [-0.25, -0.2) is 4.79 Å². The molecule has 0 aliphatic rings. The number of hydrogen-bond donors (Lipinski definition) is 3. The van der Waals surface area contributed by atoms with Crippen molar-refractivity contribution in [2.45, 2.75) is 13.3 Å². The lowest BCUT2D eigenvalue weighted by Gasteiger charge is -2.09. The molecule has 0 saturated heterocycles. The van der Waals surface area contributed by atoms with Crippen LogP contribution in [0.1, 0.15) is 12.5 Å². The number of benzene rings is 1. The molecule has 0 unspecified atom stereocenters. The van der Waals surface area contributed by atoms with E-state index in [1.165, 1.54) is 0 Å². The van der Waals surface area contributed by atoms with E-state index in [1.54, 1.807) is 24.3 Å². The van der Waals surface area contributed by atoms with Crippen LogP contribution in [-0.4, -0.2) is 28.5 Å². The number of carboxylic acid groups (broad SMARTS) is 1. The average molecular weight is 266 g/mol. The summed E-state index contributed by atoms with van der Waals surface area (Å²) < 4.78 is 0. The second-order valence-corrected chi connectivity index (χ2v) is 3.99. The number of hydrogen-bond acceptors (Lipinski definition) is 3. The normalized spacial score (nSPS) is 9.61. The minimum absolute atomic E-state index is 0.104. The second-order valence-electron chi connectivity index (χ2n) is 3.59. The first-order chi connectivity index (χ1) is 8.52. The Morgan fingerprint density at radius 2 is 1.89 bits per heavy atom. The molecule has 0 heterocycles. The molecular weight excluding hydrogens is 252 g/mol. The Morgan fingerprint density at radius 1 is 1.28 bits per heavy atom. The van der Waals surface area contributed by atoms with Crippen molar-refractivity contribution in [2.24, 2.45) is 0 Å². The SMILES string of the molecule is CCNC(=S)Nc1ccc(CC(=O)C(=O)O)cc1. The zero-order valence-corrected chi connectivity index (χ0v) is 10.7. The Hall–Kier alpha value is -1.95. The fourth-order valence-corrected chi connectivity index (χ4v) is 1.56. The maximum atomic E-state index is 11.0. The van der Waals surface area contributed by atoms with E-state index in [9.17, 15) is 9.59 Å². The number of carboxylic acids is 1. The molecule has 0 radical (unpaired) electrons. The minimum Gasteiger partial charge on any atom is -0.475 e. The van der Waals surface area contributed by atoms with E-state index in [0.29, 0.717) is 10.7 Å². The van der Waals surface area contributed by atoms with Crippen molar-refractivity contribution < 1.29 is 14.7 Å². The summed E-state index contributed by atoms with van der Waals surface area (Å²) in [5.74, 6) is -2.23. The van der Waals surface area contributed by atoms with Crippen molar-refractivity contribution in [1.82, 2.24) is 5.32 Å². The number of Topliss-reactive ketones (excluding diaryl/α,β-unsaturated/α-hetero) is 1. The van der Waals surface area contributed by atoms with Gasteiger partial charge >= 0.3 is 5.97 Å². The van der Waals surface area contributed by atoms with E-state index < -0.39 is 11.8 Å². The summed E-state index contributed by atoms with van der Waals surface area (Å²) >= 11 is 5.02. The highest BCUT2D eigenvalue weighted by molar-refractivity contribution is 7.80. The fraction of sp³-hybridized carbons (Fsp3) is 0.250. The molecule has 0 saturated carbocycles. The van der Waals surface area contributed by atoms with E-state index >= 15 is 0 Å². The van der Waals surface area contributed by atoms with E-state index in [-0.39, 0.29) is 6.42 Å². The van der Waals surface area contributed by atoms with Crippen molar-refractivity contribution in [3.05, 3.63) is 29.8 Å².